The van der Waals surface area contributed by atoms with Crippen LogP contribution in [0.15, 0.2) is 46.9 Å². The Hall–Kier alpha value is -2.19. The van der Waals surface area contributed by atoms with Gasteiger partial charge in [-0.3, -0.25) is 4.79 Å². The van der Waals surface area contributed by atoms with Crippen LogP contribution in [-0.2, 0) is 0 Å². The number of carbonyl (C=O) groups is 1. The standard InChI is InChI=1S/C16H12BrFN2O/c1-10(12-4-2-11(9-19)3-5-12)20-16(21)13-6-7-15(18)14(17)8-13/h2-8,10H,1H3,(H,20,21). The van der Waals surface area contributed by atoms with Crippen LogP contribution in [0.3, 0.4) is 0 Å². The van der Waals surface area contributed by atoms with Crippen LogP contribution in [0.1, 0.15) is 34.5 Å². The molecular formula is C16H12BrFN2O. The minimum atomic E-state index is -0.410. The molecule has 0 aromatic heterocycles. The van der Waals surface area contributed by atoms with E-state index in [4.69, 9.17) is 5.26 Å². The predicted octanol–water partition coefficient (Wildman–Crippen LogP) is 3.95. The molecule has 1 N–H and O–H groups in total. The first-order valence-electron chi connectivity index (χ1n) is 6.27. The SMILES string of the molecule is CC(NC(=O)c1ccc(F)c(Br)c1)c1ccc(C#N)cc1. The van der Waals surface area contributed by atoms with E-state index in [2.05, 4.69) is 21.2 Å². The summed E-state index contributed by atoms with van der Waals surface area (Å²) in [7, 11) is 0. The Morgan fingerprint density at radius 3 is 2.52 bits per heavy atom. The Labute approximate surface area is 130 Å². The molecule has 0 bridgehead atoms. The third kappa shape index (κ3) is 3.67. The highest BCUT2D eigenvalue weighted by Crippen LogP contribution is 2.18. The van der Waals surface area contributed by atoms with Gasteiger partial charge < -0.3 is 5.32 Å². The van der Waals surface area contributed by atoms with Crippen LogP contribution < -0.4 is 5.32 Å². The number of rotatable bonds is 3. The lowest BCUT2D eigenvalue weighted by Crippen LogP contribution is -2.26. The second-order valence-electron chi connectivity index (χ2n) is 4.56. The molecule has 0 aliphatic heterocycles. The average molecular weight is 347 g/mol. The average Bonchev–Trinajstić information content (AvgIpc) is 2.50. The summed E-state index contributed by atoms with van der Waals surface area (Å²) < 4.78 is 13.4. The van der Waals surface area contributed by atoms with Crippen LogP contribution in [0.4, 0.5) is 4.39 Å². The maximum atomic E-state index is 13.2. The molecule has 0 saturated heterocycles. The Bertz CT molecular complexity index is 707. The smallest absolute Gasteiger partial charge is 0.251 e. The minimum absolute atomic E-state index is 0.214. The third-order valence-electron chi connectivity index (χ3n) is 3.07. The van der Waals surface area contributed by atoms with Crippen molar-refractivity contribution in [3.63, 3.8) is 0 Å². The summed E-state index contributed by atoms with van der Waals surface area (Å²) in [6.45, 7) is 1.85. The molecule has 0 fully saturated rings. The zero-order valence-corrected chi connectivity index (χ0v) is 12.8. The van der Waals surface area contributed by atoms with Crippen molar-refractivity contribution in [3.05, 3.63) is 69.4 Å². The summed E-state index contributed by atoms with van der Waals surface area (Å²) >= 11 is 3.06. The minimum Gasteiger partial charge on any atom is -0.346 e. The van der Waals surface area contributed by atoms with E-state index in [0.717, 1.165) is 5.56 Å². The van der Waals surface area contributed by atoms with Crippen LogP contribution in [0.2, 0.25) is 0 Å². The molecule has 21 heavy (non-hydrogen) atoms. The van der Waals surface area contributed by atoms with Crippen molar-refractivity contribution < 1.29 is 9.18 Å². The molecule has 0 radical (unpaired) electrons. The Morgan fingerprint density at radius 2 is 1.95 bits per heavy atom. The molecule has 0 saturated carbocycles. The summed E-state index contributed by atoms with van der Waals surface area (Å²) in [5.74, 6) is -0.695. The van der Waals surface area contributed by atoms with Gasteiger partial charge in [-0.05, 0) is 58.7 Å². The zero-order chi connectivity index (χ0) is 15.4. The van der Waals surface area contributed by atoms with E-state index in [9.17, 15) is 9.18 Å². The fourth-order valence-electron chi connectivity index (χ4n) is 1.85. The first-order valence-corrected chi connectivity index (χ1v) is 7.06. The number of nitriles is 1. The van der Waals surface area contributed by atoms with Crippen molar-refractivity contribution >= 4 is 21.8 Å². The van der Waals surface area contributed by atoms with Gasteiger partial charge in [0.1, 0.15) is 5.82 Å². The van der Waals surface area contributed by atoms with Crippen molar-refractivity contribution in [2.75, 3.05) is 0 Å². The van der Waals surface area contributed by atoms with Crippen LogP contribution in [-0.4, -0.2) is 5.91 Å². The van der Waals surface area contributed by atoms with E-state index in [0.29, 0.717) is 11.1 Å². The lowest BCUT2D eigenvalue weighted by Gasteiger charge is -2.14. The van der Waals surface area contributed by atoms with Gasteiger partial charge in [-0.25, -0.2) is 4.39 Å². The fraction of sp³-hybridized carbons (Fsp3) is 0.125. The number of nitrogens with one attached hydrogen (secondary N) is 1. The van der Waals surface area contributed by atoms with Crippen molar-refractivity contribution in [2.45, 2.75) is 13.0 Å². The number of benzene rings is 2. The molecule has 0 aliphatic rings. The summed E-state index contributed by atoms with van der Waals surface area (Å²) in [6.07, 6.45) is 0. The second kappa shape index (κ2) is 6.51. The lowest BCUT2D eigenvalue weighted by molar-refractivity contribution is 0.0940. The van der Waals surface area contributed by atoms with Crippen molar-refractivity contribution in [1.82, 2.24) is 5.32 Å². The molecule has 1 atom stereocenters. The number of nitrogens with zero attached hydrogens (tertiary/aromatic N) is 1. The van der Waals surface area contributed by atoms with Gasteiger partial charge in [0.2, 0.25) is 0 Å². The van der Waals surface area contributed by atoms with Gasteiger partial charge in [0, 0.05) is 5.56 Å². The van der Waals surface area contributed by atoms with E-state index in [1.807, 2.05) is 13.0 Å². The summed E-state index contributed by atoms with van der Waals surface area (Å²) in [5, 5.41) is 11.6. The number of amides is 1. The first kappa shape index (κ1) is 15.2. The van der Waals surface area contributed by atoms with Crippen molar-refractivity contribution in [2.24, 2.45) is 0 Å². The van der Waals surface area contributed by atoms with E-state index in [-0.39, 0.29) is 16.4 Å². The van der Waals surface area contributed by atoms with Crippen LogP contribution in [0.25, 0.3) is 0 Å². The zero-order valence-electron chi connectivity index (χ0n) is 11.2. The largest absolute Gasteiger partial charge is 0.346 e. The molecule has 0 spiro atoms. The van der Waals surface area contributed by atoms with Crippen LogP contribution in [0, 0.1) is 17.1 Å². The van der Waals surface area contributed by atoms with Gasteiger partial charge in [0.25, 0.3) is 5.91 Å². The topological polar surface area (TPSA) is 52.9 Å². The van der Waals surface area contributed by atoms with Crippen LogP contribution in [0.5, 0.6) is 0 Å². The third-order valence-corrected chi connectivity index (χ3v) is 3.68. The van der Waals surface area contributed by atoms with Gasteiger partial charge in [-0.15, -0.1) is 0 Å². The molecule has 2 aromatic carbocycles. The van der Waals surface area contributed by atoms with E-state index < -0.39 is 5.82 Å². The molecule has 2 rings (SSSR count). The Balaban J connectivity index is 2.10. The monoisotopic (exact) mass is 346 g/mol. The van der Waals surface area contributed by atoms with Gasteiger partial charge in [-0.2, -0.15) is 5.26 Å². The first-order chi connectivity index (χ1) is 10.0. The number of carbonyl (C=O) groups excluding carboxylic acids is 1. The number of hydrogen-bond donors (Lipinski definition) is 1. The summed E-state index contributed by atoms with van der Waals surface area (Å²) in [4.78, 5) is 12.1. The quantitative estimate of drug-likeness (QED) is 0.914. The highest BCUT2D eigenvalue weighted by molar-refractivity contribution is 9.10. The van der Waals surface area contributed by atoms with E-state index >= 15 is 0 Å². The molecule has 5 heteroatoms. The molecular weight excluding hydrogens is 335 g/mol. The normalized spacial score (nSPS) is 11.5. The van der Waals surface area contributed by atoms with Crippen LogP contribution >= 0.6 is 15.9 Å². The molecule has 2 aromatic rings. The highest BCUT2D eigenvalue weighted by atomic mass is 79.9. The fourth-order valence-corrected chi connectivity index (χ4v) is 2.23. The molecule has 1 unspecified atom stereocenters. The highest BCUT2D eigenvalue weighted by Gasteiger charge is 2.12. The van der Waals surface area contributed by atoms with Gasteiger partial charge in [-0.1, -0.05) is 12.1 Å². The van der Waals surface area contributed by atoms with Gasteiger partial charge in [0.15, 0.2) is 0 Å². The van der Waals surface area contributed by atoms with Gasteiger partial charge in [0.05, 0.1) is 22.1 Å². The maximum absolute atomic E-state index is 13.2. The number of halogens is 2. The molecule has 0 aliphatic carbocycles. The molecule has 3 nitrogen and oxygen atoms in total. The molecule has 1 amide bonds. The Kier molecular flexibility index (Phi) is 4.71. The Morgan fingerprint density at radius 1 is 1.29 bits per heavy atom. The van der Waals surface area contributed by atoms with E-state index in [1.54, 1.807) is 24.3 Å². The molecule has 106 valence electrons. The predicted molar refractivity (Wildman–Crippen MR) is 81.1 cm³/mol. The lowest BCUT2D eigenvalue weighted by atomic mass is 10.1. The summed E-state index contributed by atoms with van der Waals surface area (Å²) in [5.41, 5.74) is 1.84. The van der Waals surface area contributed by atoms with E-state index in [1.165, 1.54) is 18.2 Å². The number of hydrogen-bond acceptors (Lipinski definition) is 2. The van der Waals surface area contributed by atoms with Gasteiger partial charge >= 0.3 is 0 Å². The molecule has 0 heterocycles. The maximum Gasteiger partial charge on any atom is 0.251 e. The second-order valence-corrected chi connectivity index (χ2v) is 5.41. The van der Waals surface area contributed by atoms with Crippen molar-refractivity contribution in [3.8, 4) is 6.07 Å². The van der Waals surface area contributed by atoms with Crippen molar-refractivity contribution in [1.29, 1.82) is 5.26 Å². The summed E-state index contributed by atoms with van der Waals surface area (Å²) in [6, 6.07) is 12.9.